The third-order valence-corrected chi connectivity index (χ3v) is 5.25. The maximum absolute atomic E-state index is 12.5. The van der Waals surface area contributed by atoms with Crippen LogP contribution in [0.15, 0.2) is 47.8 Å². The van der Waals surface area contributed by atoms with Gasteiger partial charge in [0.25, 0.3) is 0 Å². The number of carbonyl (C=O) groups is 3. The largest absolute Gasteiger partial charge is 0.454 e. The standard InChI is InChI=1S/C21H19NO4S/c1-14-10-19(15(2)22(14)11-18-4-3-9-27-18)20(24)13-26-21(25)17-7-5-16(12-23)6-8-17/h3-10,12H,11,13H2,1-2H3. The number of hydrogen-bond donors (Lipinski definition) is 0. The van der Waals surface area contributed by atoms with Crippen molar-refractivity contribution in [2.45, 2.75) is 20.4 Å². The van der Waals surface area contributed by atoms with Gasteiger partial charge in [0.05, 0.1) is 12.1 Å². The van der Waals surface area contributed by atoms with Crippen LogP contribution in [-0.4, -0.2) is 29.2 Å². The first kappa shape index (κ1) is 18.8. The summed E-state index contributed by atoms with van der Waals surface area (Å²) in [5.74, 6) is -0.827. The minimum absolute atomic E-state index is 0.238. The molecule has 0 aliphatic rings. The fraction of sp³-hybridized carbons (Fsp3) is 0.190. The first-order valence-electron chi connectivity index (χ1n) is 8.44. The molecule has 3 aromatic rings. The molecule has 0 saturated heterocycles. The number of carbonyl (C=O) groups excluding carboxylic acids is 3. The van der Waals surface area contributed by atoms with E-state index in [2.05, 4.69) is 10.6 Å². The Morgan fingerprint density at radius 3 is 2.52 bits per heavy atom. The summed E-state index contributed by atoms with van der Waals surface area (Å²) >= 11 is 1.67. The highest BCUT2D eigenvalue weighted by atomic mass is 32.1. The lowest BCUT2D eigenvalue weighted by atomic mass is 10.1. The number of nitrogens with zero attached hydrogens (tertiary/aromatic N) is 1. The second kappa shape index (κ2) is 8.14. The van der Waals surface area contributed by atoms with Crippen molar-refractivity contribution in [3.63, 3.8) is 0 Å². The van der Waals surface area contributed by atoms with Gasteiger partial charge in [0.15, 0.2) is 6.61 Å². The number of benzene rings is 1. The Morgan fingerprint density at radius 1 is 1.15 bits per heavy atom. The van der Waals surface area contributed by atoms with Gasteiger partial charge in [0.1, 0.15) is 6.29 Å². The van der Waals surface area contributed by atoms with Gasteiger partial charge >= 0.3 is 5.97 Å². The van der Waals surface area contributed by atoms with Crippen molar-refractivity contribution < 1.29 is 19.1 Å². The minimum Gasteiger partial charge on any atom is -0.454 e. The SMILES string of the molecule is Cc1cc(C(=O)COC(=O)c2ccc(C=O)cc2)c(C)n1Cc1cccs1. The van der Waals surface area contributed by atoms with E-state index in [9.17, 15) is 14.4 Å². The molecule has 0 spiro atoms. The number of aryl methyl sites for hydroxylation is 1. The fourth-order valence-electron chi connectivity index (χ4n) is 2.88. The van der Waals surface area contributed by atoms with Gasteiger partial charge in [0, 0.05) is 27.4 Å². The van der Waals surface area contributed by atoms with Crippen LogP contribution in [0.4, 0.5) is 0 Å². The average molecular weight is 381 g/mol. The van der Waals surface area contributed by atoms with E-state index in [1.807, 2.05) is 31.4 Å². The summed E-state index contributed by atoms with van der Waals surface area (Å²) in [7, 11) is 0. The lowest BCUT2D eigenvalue weighted by Crippen LogP contribution is -2.15. The summed E-state index contributed by atoms with van der Waals surface area (Å²) in [5, 5.41) is 2.02. The Balaban J connectivity index is 1.67. The molecule has 27 heavy (non-hydrogen) atoms. The fourth-order valence-corrected chi connectivity index (χ4v) is 3.57. The lowest BCUT2D eigenvalue weighted by molar-refractivity contribution is 0.0474. The van der Waals surface area contributed by atoms with E-state index in [1.165, 1.54) is 29.1 Å². The zero-order valence-electron chi connectivity index (χ0n) is 15.1. The van der Waals surface area contributed by atoms with Crippen LogP contribution in [0.5, 0.6) is 0 Å². The molecule has 0 bridgehead atoms. The second-order valence-electron chi connectivity index (χ2n) is 6.19. The van der Waals surface area contributed by atoms with Gasteiger partial charge in [-0.2, -0.15) is 0 Å². The van der Waals surface area contributed by atoms with E-state index in [1.54, 1.807) is 11.3 Å². The third-order valence-electron chi connectivity index (χ3n) is 4.38. The first-order chi connectivity index (χ1) is 13.0. The molecule has 0 radical (unpaired) electrons. The Kier molecular flexibility index (Phi) is 5.66. The van der Waals surface area contributed by atoms with Gasteiger partial charge < -0.3 is 9.30 Å². The molecular weight excluding hydrogens is 362 g/mol. The molecule has 138 valence electrons. The van der Waals surface area contributed by atoms with Crippen molar-refractivity contribution in [1.82, 2.24) is 4.57 Å². The zero-order valence-corrected chi connectivity index (χ0v) is 15.9. The quantitative estimate of drug-likeness (QED) is 0.352. The molecule has 0 atom stereocenters. The van der Waals surface area contributed by atoms with Crippen LogP contribution in [0.1, 0.15) is 47.3 Å². The number of aldehydes is 1. The van der Waals surface area contributed by atoms with Gasteiger partial charge in [-0.1, -0.05) is 18.2 Å². The topological polar surface area (TPSA) is 65.4 Å². The second-order valence-corrected chi connectivity index (χ2v) is 7.22. The minimum atomic E-state index is -0.590. The van der Waals surface area contributed by atoms with E-state index in [4.69, 9.17) is 4.74 Å². The normalized spacial score (nSPS) is 10.6. The van der Waals surface area contributed by atoms with E-state index in [0.717, 1.165) is 11.4 Å². The van der Waals surface area contributed by atoms with Crippen molar-refractivity contribution in [3.05, 3.63) is 80.8 Å². The summed E-state index contributed by atoms with van der Waals surface area (Å²) in [4.78, 5) is 36.5. The Labute approximate surface area is 161 Å². The Morgan fingerprint density at radius 2 is 1.89 bits per heavy atom. The van der Waals surface area contributed by atoms with E-state index >= 15 is 0 Å². The van der Waals surface area contributed by atoms with Crippen molar-refractivity contribution in [3.8, 4) is 0 Å². The molecule has 2 aromatic heterocycles. The summed E-state index contributed by atoms with van der Waals surface area (Å²) in [6, 6.07) is 12.0. The van der Waals surface area contributed by atoms with Gasteiger partial charge in [0.2, 0.25) is 5.78 Å². The predicted molar refractivity (Wildman–Crippen MR) is 104 cm³/mol. The molecule has 1 aromatic carbocycles. The molecule has 0 aliphatic heterocycles. The third kappa shape index (κ3) is 4.23. The molecule has 0 unspecified atom stereocenters. The Hall–Kier alpha value is -2.99. The van der Waals surface area contributed by atoms with Crippen molar-refractivity contribution in [2.24, 2.45) is 0 Å². The van der Waals surface area contributed by atoms with Crippen LogP contribution in [0.3, 0.4) is 0 Å². The summed E-state index contributed by atoms with van der Waals surface area (Å²) in [6.45, 7) is 4.24. The maximum Gasteiger partial charge on any atom is 0.338 e. The molecule has 2 heterocycles. The van der Waals surface area contributed by atoms with Crippen LogP contribution < -0.4 is 0 Å². The van der Waals surface area contributed by atoms with E-state index in [-0.39, 0.29) is 12.4 Å². The van der Waals surface area contributed by atoms with Crippen LogP contribution in [-0.2, 0) is 11.3 Å². The zero-order chi connectivity index (χ0) is 19.4. The highest BCUT2D eigenvalue weighted by Crippen LogP contribution is 2.20. The number of ether oxygens (including phenoxy) is 1. The Bertz CT molecular complexity index is 969. The van der Waals surface area contributed by atoms with Crippen LogP contribution in [0.2, 0.25) is 0 Å². The smallest absolute Gasteiger partial charge is 0.338 e. The summed E-state index contributed by atoms with van der Waals surface area (Å²) in [6.07, 6.45) is 0.699. The lowest BCUT2D eigenvalue weighted by Gasteiger charge is -2.08. The summed E-state index contributed by atoms with van der Waals surface area (Å²) < 4.78 is 7.23. The first-order valence-corrected chi connectivity index (χ1v) is 9.32. The van der Waals surface area contributed by atoms with Crippen LogP contribution >= 0.6 is 11.3 Å². The van der Waals surface area contributed by atoms with E-state index < -0.39 is 5.97 Å². The van der Waals surface area contributed by atoms with Crippen LogP contribution in [0, 0.1) is 13.8 Å². The number of aromatic nitrogens is 1. The molecule has 0 N–H and O–H groups in total. The highest BCUT2D eigenvalue weighted by molar-refractivity contribution is 7.09. The van der Waals surface area contributed by atoms with Gasteiger partial charge in [-0.05, 0) is 43.5 Å². The molecule has 3 rings (SSSR count). The maximum atomic E-state index is 12.5. The van der Waals surface area contributed by atoms with Crippen molar-refractivity contribution >= 4 is 29.4 Å². The number of rotatable bonds is 7. The van der Waals surface area contributed by atoms with Crippen molar-refractivity contribution in [2.75, 3.05) is 6.61 Å². The number of hydrogen-bond acceptors (Lipinski definition) is 5. The van der Waals surface area contributed by atoms with Crippen molar-refractivity contribution in [1.29, 1.82) is 0 Å². The number of Topliss-reactive ketones (excluding diaryl/α,β-unsaturated/α-hetero) is 1. The number of ketones is 1. The predicted octanol–water partition coefficient (Wildman–Crippen LogP) is 4.07. The van der Waals surface area contributed by atoms with Gasteiger partial charge in [-0.15, -0.1) is 11.3 Å². The monoisotopic (exact) mass is 381 g/mol. The highest BCUT2D eigenvalue weighted by Gasteiger charge is 2.18. The van der Waals surface area contributed by atoms with Crippen LogP contribution in [0.25, 0.3) is 0 Å². The van der Waals surface area contributed by atoms with Gasteiger partial charge in [-0.3, -0.25) is 9.59 Å². The molecule has 5 nitrogen and oxygen atoms in total. The average Bonchev–Trinajstić information content (AvgIpc) is 3.29. The number of esters is 1. The molecule has 0 fully saturated rings. The molecule has 0 aliphatic carbocycles. The van der Waals surface area contributed by atoms with E-state index in [0.29, 0.717) is 29.5 Å². The number of thiophene rings is 1. The molecule has 0 amide bonds. The molecular formula is C21H19NO4S. The summed E-state index contributed by atoms with van der Waals surface area (Å²) in [5.41, 5.74) is 3.18. The molecule has 0 saturated carbocycles. The van der Waals surface area contributed by atoms with Gasteiger partial charge in [-0.25, -0.2) is 4.79 Å². The molecule has 6 heteroatoms.